The number of nitrogens with one attached hydrogen (secondary N) is 1. The number of hydrazone groups is 1. The fraction of sp³-hybridized carbons (Fsp3) is 0.176. The molecule has 3 N–H and O–H groups in total. The molecule has 1 amide bonds. The summed E-state index contributed by atoms with van der Waals surface area (Å²) >= 11 is 0. The van der Waals surface area contributed by atoms with E-state index in [1.54, 1.807) is 24.3 Å². The summed E-state index contributed by atoms with van der Waals surface area (Å²) in [4.78, 5) is 11.9. The molecule has 0 aliphatic rings. The Labute approximate surface area is 124 Å². The van der Waals surface area contributed by atoms with Gasteiger partial charge in [0.05, 0.1) is 5.71 Å². The molecule has 21 heavy (non-hydrogen) atoms. The van der Waals surface area contributed by atoms with Gasteiger partial charge in [-0.1, -0.05) is 31.2 Å². The molecule has 2 rings (SSSR count). The molecule has 0 aromatic heterocycles. The predicted octanol–water partition coefficient (Wildman–Crippen LogP) is 2.99. The molecular formula is C17H19N3O. The Morgan fingerprint density at radius 3 is 2.19 bits per heavy atom. The smallest absolute Gasteiger partial charge is 0.271 e. The zero-order valence-electron chi connectivity index (χ0n) is 12.3. The van der Waals surface area contributed by atoms with Crippen molar-refractivity contribution in [3.05, 3.63) is 65.2 Å². The van der Waals surface area contributed by atoms with E-state index in [1.807, 2.05) is 19.1 Å². The highest BCUT2D eigenvalue weighted by atomic mass is 16.2. The Hall–Kier alpha value is -2.62. The number of amides is 1. The van der Waals surface area contributed by atoms with Crippen LogP contribution in [0.15, 0.2) is 53.6 Å². The number of nitrogens with zero attached hydrogens (tertiary/aromatic N) is 1. The number of hydrogen-bond donors (Lipinski definition) is 2. The van der Waals surface area contributed by atoms with E-state index in [0.717, 1.165) is 17.7 Å². The fourth-order valence-electron chi connectivity index (χ4n) is 1.88. The number of carbonyl (C=O) groups excluding carboxylic acids is 1. The zero-order valence-corrected chi connectivity index (χ0v) is 12.3. The average molecular weight is 281 g/mol. The van der Waals surface area contributed by atoms with Crippen LogP contribution < -0.4 is 11.2 Å². The van der Waals surface area contributed by atoms with Crippen LogP contribution in [0.1, 0.15) is 35.3 Å². The second-order valence-electron chi connectivity index (χ2n) is 4.81. The van der Waals surface area contributed by atoms with Crippen LogP contribution in [0.2, 0.25) is 0 Å². The Balaban J connectivity index is 2.05. The monoisotopic (exact) mass is 281 g/mol. The first-order chi connectivity index (χ1) is 10.1. The van der Waals surface area contributed by atoms with E-state index in [0.29, 0.717) is 11.3 Å². The summed E-state index contributed by atoms with van der Waals surface area (Å²) in [5.74, 6) is -0.250. The zero-order chi connectivity index (χ0) is 15.2. The molecule has 0 heterocycles. The lowest BCUT2D eigenvalue weighted by Crippen LogP contribution is -2.19. The van der Waals surface area contributed by atoms with E-state index in [-0.39, 0.29) is 5.91 Å². The number of benzene rings is 2. The first-order valence-electron chi connectivity index (χ1n) is 6.89. The summed E-state index contributed by atoms with van der Waals surface area (Å²) in [6.45, 7) is 3.98. The number of nitrogen functional groups attached to an aromatic ring is 1. The van der Waals surface area contributed by atoms with Crippen LogP contribution in [0.4, 0.5) is 5.69 Å². The first-order valence-corrected chi connectivity index (χ1v) is 6.89. The maximum Gasteiger partial charge on any atom is 0.271 e. The van der Waals surface area contributed by atoms with Gasteiger partial charge in [-0.2, -0.15) is 5.10 Å². The van der Waals surface area contributed by atoms with Crippen molar-refractivity contribution in [1.82, 2.24) is 5.43 Å². The Bertz CT molecular complexity index is 643. The summed E-state index contributed by atoms with van der Waals surface area (Å²) in [5, 5.41) is 4.13. The highest BCUT2D eigenvalue weighted by molar-refractivity contribution is 6.00. The van der Waals surface area contributed by atoms with E-state index in [1.165, 1.54) is 5.56 Å². The first kappa shape index (κ1) is 14.8. The van der Waals surface area contributed by atoms with Crippen LogP contribution in [0.3, 0.4) is 0 Å². The lowest BCUT2D eigenvalue weighted by Gasteiger charge is -2.04. The highest BCUT2D eigenvalue weighted by Gasteiger charge is 2.04. The molecule has 0 atom stereocenters. The van der Waals surface area contributed by atoms with E-state index >= 15 is 0 Å². The maximum absolute atomic E-state index is 11.9. The summed E-state index contributed by atoms with van der Waals surface area (Å²) in [5.41, 5.74) is 12.3. The van der Waals surface area contributed by atoms with E-state index in [4.69, 9.17) is 5.73 Å². The van der Waals surface area contributed by atoms with Crippen molar-refractivity contribution >= 4 is 17.3 Å². The van der Waals surface area contributed by atoms with Crippen LogP contribution in [-0.4, -0.2) is 11.6 Å². The van der Waals surface area contributed by atoms with Gasteiger partial charge in [0.15, 0.2) is 0 Å². The summed E-state index contributed by atoms with van der Waals surface area (Å²) in [6, 6.07) is 14.9. The minimum Gasteiger partial charge on any atom is -0.399 e. The highest BCUT2D eigenvalue weighted by Crippen LogP contribution is 2.07. The number of carbonyl (C=O) groups is 1. The molecule has 0 unspecified atom stereocenters. The summed E-state index contributed by atoms with van der Waals surface area (Å²) in [7, 11) is 0. The van der Waals surface area contributed by atoms with E-state index in [9.17, 15) is 4.79 Å². The van der Waals surface area contributed by atoms with Crippen LogP contribution >= 0.6 is 0 Å². The average Bonchev–Trinajstić information content (AvgIpc) is 2.53. The molecule has 2 aromatic carbocycles. The maximum atomic E-state index is 11.9. The van der Waals surface area contributed by atoms with Gasteiger partial charge in [0.1, 0.15) is 0 Å². The van der Waals surface area contributed by atoms with Gasteiger partial charge >= 0.3 is 0 Å². The van der Waals surface area contributed by atoms with Gasteiger partial charge < -0.3 is 5.73 Å². The number of anilines is 1. The molecule has 0 saturated heterocycles. The molecule has 0 spiro atoms. The normalized spacial score (nSPS) is 11.2. The largest absolute Gasteiger partial charge is 0.399 e. The number of hydrogen-bond acceptors (Lipinski definition) is 3. The number of rotatable bonds is 4. The lowest BCUT2D eigenvalue weighted by molar-refractivity contribution is 0.0955. The van der Waals surface area contributed by atoms with Crippen molar-refractivity contribution in [2.75, 3.05) is 5.73 Å². The molecule has 0 fully saturated rings. The van der Waals surface area contributed by atoms with Gasteiger partial charge in [0, 0.05) is 11.3 Å². The van der Waals surface area contributed by atoms with Crippen molar-refractivity contribution in [3.63, 3.8) is 0 Å². The Morgan fingerprint density at radius 1 is 1.05 bits per heavy atom. The van der Waals surface area contributed by atoms with E-state index < -0.39 is 0 Å². The fourth-order valence-corrected chi connectivity index (χ4v) is 1.88. The quantitative estimate of drug-likeness (QED) is 0.514. The van der Waals surface area contributed by atoms with Crippen LogP contribution in [0.5, 0.6) is 0 Å². The molecular weight excluding hydrogens is 262 g/mol. The molecule has 2 aromatic rings. The van der Waals surface area contributed by atoms with E-state index in [2.05, 4.69) is 29.6 Å². The standard InChI is InChI=1S/C17H19N3O/c1-3-13-4-6-14(7-5-13)12(2)19-20-17(21)15-8-10-16(18)11-9-15/h4-11H,3,18H2,1-2H3,(H,20,21)/b19-12-. The molecule has 0 aliphatic carbocycles. The van der Waals surface area contributed by atoms with Crippen LogP contribution in [-0.2, 0) is 6.42 Å². The molecule has 4 nitrogen and oxygen atoms in total. The van der Waals surface area contributed by atoms with Gasteiger partial charge in [-0.05, 0) is 48.7 Å². The van der Waals surface area contributed by atoms with Gasteiger partial charge in [-0.25, -0.2) is 5.43 Å². The molecule has 0 bridgehead atoms. The second-order valence-corrected chi connectivity index (χ2v) is 4.81. The minimum absolute atomic E-state index is 0.250. The lowest BCUT2D eigenvalue weighted by atomic mass is 10.1. The topological polar surface area (TPSA) is 67.5 Å². The van der Waals surface area contributed by atoms with Crippen molar-refractivity contribution in [3.8, 4) is 0 Å². The third kappa shape index (κ3) is 3.92. The minimum atomic E-state index is -0.250. The van der Waals surface area contributed by atoms with Gasteiger partial charge in [0.25, 0.3) is 5.91 Å². The van der Waals surface area contributed by atoms with Crippen LogP contribution in [0.25, 0.3) is 0 Å². The van der Waals surface area contributed by atoms with Gasteiger partial charge in [0.2, 0.25) is 0 Å². The van der Waals surface area contributed by atoms with Crippen molar-refractivity contribution in [1.29, 1.82) is 0 Å². The predicted molar refractivity (Wildman–Crippen MR) is 86.4 cm³/mol. The SMILES string of the molecule is CCc1ccc(/C(C)=N\NC(=O)c2ccc(N)cc2)cc1. The van der Waals surface area contributed by atoms with Crippen molar-refractivity contribution < 1.29 is 4.79 Å². The van der Waals surface area contributed by atoms with Crippen molar-refractivity contribution in [2.24, 2.45) is 5.10 Å². The number of aryl methyl sites for hydroxylation is 1. The summed E-state index contributed by atoms with van der Waals surface area (Å²) in [6.07, 6.45) is 1.00. The molecule has 0 radical (unpaired) electrons. The molecule has 0 aliphatic heterocycles. The third-order valence-electron chi connectivity index (χ3n) is 3.28. The Kier molecular flexibility index (Phi) is 4.72. The third-order valence-corrected chi connectivity index (χ3v) is 3.28. The van der Waals surface area contributed by atoms with Gasteiger partial charge in [-0.3, -0.25) is 4.79 Å². The number of nitrogens with two attached hydrogens (primary N) is 1. The summed E-state index contributed by atoms with van der Waals surface area (Å²) < 4.78 is 0. The van der Waals surface area contributed by atoms with Crippen molar-refractivity contribution in [2.45, 2.75) is 20.3 Å². The second kappa shape index (κ2) is 6.70. The van der Waals surface area contributed by atoms with Crippen LogP contribution in [0, 0.1) is 0 Å². The molecule has 4 heteroatoms. The van der Waals surface area contributed by atoms with Gasteiger partial charge in [-0.15, -0.1) is 0 Å². The Morgan fingerprint density at radius 2 is 1.62 bits per heavy atom. The molecule has 0 saturated carbocycles. The molecule has 108 valence electrons.